The van der Waals surface area contributed by atoms with Crippen LogP contribution < -0.4 is 0 Å². The van der Waals surface area contributed by atoms with Gasteiger partial charge in [0.1, 0.15) is 0 Å². The van der Waals surface area contributed by atoms with Gasteiger partial charge in [-0.3, -0.25) is 9.59 Å². The average Bonchev–Trinajstić information content (AvgIpc) is 1.54. The van der Waals surface area contributed by atoms with Gasteiger partial charge in [-0.15, -0.1) is 11.6 Å². The first-order valence-corrected chi connectivity index (χ1v) is 3.30. The molecule has 0 radical (unpaired) electrons. The van der Waals surface area contributed by atoms with Gasteiger partial charge >= 0.3 is 11.9 Å². The van der Waals surface area contributed by atoms with Gasteiger partial charge in [0.15, 0.2) is 0 Å². The molecule has 0 bridgehead atoms. The Hall–Kier alpha value is -0.570. The van der Waals surface area contributed by atoms with E-state index in [0.29, 0.717) is 0 Å². The van der Waals surface area contributed by atoms with Crippen molar-refractivity contribution in [2.75, 3.05) is 0 Å². The Morgan fingerprint density at radius 1 is 1.40 bits per heavy atom. The van der Waals surface area contributed by atoms with E-state index in [1.165, 1.54) is 0 Å². The van der Waals surface area contributed by atoms with Crippen LogP contribution in [0.4, 0.5) is 0 Å². The summed E-state index contributed by atoms with van der Waals surface area (Å²) in [6.45, 7) is 1.65. The second kappa shape index (κ2) is 2.23. The van der Waals surface area contributed by atoms with E-state index in [1.54, 1.807) is 6.92 Å². The summed E-state index contributed by atoms with van der Waals surface area (Å²) in [6, 6.07) is 0. The summed E-state index contributed by atoms with van der Waals surface area (Å²) in [5, 5.41) is 0. The number of alkyl halides is 1. The maximum Gasteiger partial charge on any atom is 0.315 e. The van der Waals surface area contributed by atoms with E-state index < -0.39 is 16.8 Å². The van der Waals surface area contributed by atoms with Crippen LogP contribution >= 0.6 is 11.6 Å². The monoisotopic (exact) mass is 162 g/mol. The van der Waals surface area contributed by atoms with Crippen molar-refractivity contribution in [2.24, 2.45) is 0 Å². The molecular weight excluding hydrogens is 156 g/mol. The van der Waals surface area contributed by atoms with Gasteiger partial charge in [0.2, 0.25) is 0 Å². The summed E-state index contributed by atoms with van der Waals surface area (Å²) >= 11 is 5.74. The van der Waals surface area contributed by atoms with Crippen LogP contribution in [0.3, 0.4) is 0 Å². The standard InChI is InChI=1S/C6H7ClO3/c1-6(7)2-4(8)10-5(9)3-6/h2-3H2,1H3. The van der Waals surface area contributed by atoms with E-state index in [1.807, 2.05) is 0 Å². The number of ether oxygens (including phenoxy) is 1. The van der Waals surface area contributed by atoms with Crippen molar-refractivity contribution in [2.45, 2.75) is 24.6 Å². The summed E-state index contributed by atoms with van der Waals surface area (Å²) in [4.78, 5) is 20.4. The molecule has 0 amide bonds. The summed E-state index contributed by atoms with van der Waals surface area (Å²) in [5.74, 6) is -1.07. The van der Waals surface area contributed by atoms with Gasteiger partial charge in [-0.1, -0.05) is 0 Å². The molecule has 0 aromatic heterocycles. The predicted octanol–water partition coefficient (Wildman–Crippen LogP) is 0.848. The smallest absolute Gasteiger partial charge is 0.315 e. The number of hydrogen-bond acceptors (Lipinski definition) is 3. The van der Waals surface area contributed by atoms with Gasteiger partial charge in [-0.05, 0) is 6.92 Å². The van der Waals surface area contributed by atoms with E-state index in [-0.39, 0.29) is 12.8 Å². The molecule has 0 atom stereocenters. The lowest BCUT2D eigenvalue weighted by Gasteiger charge is -2.23. The molecule has 1 rings (SSSR count). The Labute approximate surface area is 63.3 Å². The number of hydrogen-bond donors (Lipinski definition) is 0. The molecule has 56 valence electrons. The van der Waals surface area contributed by atoms with Crippen molar-refractivity contribution < 1.29 is 14.3 Å². The molecule has 1 aliphatic rings. The molecule has 0 aliphatic carbocycles. The maximum atomic E-state index is 10.6. The first kappa shape index (κ1) is 7.54. The number of carbonyl (C=O) groups excluding carboxylic acids is 2. The summed E-state index contributed by atoms with van der Waals surface area (Å²) in [7, 11) is 0. The Balaban J connectivity index is 2.68. The lowest BCUT2D eigenvalue weighted by atomic mass is 10.0. The zero-order chi connectivity index (χ0) is 7.78. The van der Waals surface area contributed by atoms with Crippen LogP contribution in [-0.2, 0) is 14.3 Å². The average molecular weight is 163 g/mol. The van der Waals surface area contributed by atoms with Crippen LogP contribution in [0, 0.1) is 0 Å². The minimum Gasteiger partial charge on any atom is -0.393 e. The quantitative estimate of drug-likeness (QED) is 0.301. The van der Waals surface area contributed by atoms with Crippen LogP contribution in [0.1, 0.15) is 19.8 Å². The predicted molar refractivity (Wildman–Crippen MR) is 34.6 cm³/mol. The van der Waals surface area contributed by atoms with Crippen LogP contribution in [-0.4, -0.2) is 16.8 Å². The lowest BCUT2D eigenvalue weighted by Crippen LogP contribution is -2.34. The number of rotatable bonds is 0. The van der Waals surface area contributed by atoms with Crippen LogP contribution in [0.5, 0.6) is 0 Å². The molecular formula is C6H7ClO3. The third-order valence-corrected chi connectivity index (χ3v) is 1.52. The van der Waals surface area contributed by atoms with Gasteiger partial charge in [0.25, 0.3) is 0 Å². The zero-order valence-electron chi connectivity index (χ0n) is 5.52. The maximum absolute atomic E-state index is 10.6. The molecule has 0 unspecified atom stereocenters. The fraction of sp³-hybridized carbons (Fsp3) is 0.667. The van der Waals surface area contributed by atoms with Crippen LogP contribution in [0.2, 0.25) is 0 Å². The largest absolute Gasteiger partial charge is 0.393 e. The summed E-state index contributed by atoms with van der Waals surface area (Å²) in [5.41, 5.74) is 0. The molecule has 10 heavy (non-hydrogen) atoms. The number of cyclic esters (lactones) is 2. The number of halogens is 1. The minimum absolute atomic E-state index is 0.111. The highest BCUT2D eigenvalue weighted by molar-refractivity contribution is 6.26. The lowest BCUT2D eigenvalue weighted by molar-refractivity contribution is -0.164. The highest BCUT2D eigenvalue weighted by Crippen LogP contribution is 2.28. The highest BCUT2D eigenvalue weighted by Gasteiger charge is 2.35. The van der Waals surface area contributed by atoms with E-state index in [2.05, 4.69) is 4.74 Å². The Kier molecular flexibility index (Phi) is 1.68. The normalized spacial score (nSPS) is 24.2. The van der Waals surface area contributed by atoms with Crippen molar-refractivity contribution in [3.63, 3.8) is 0 Å². The molecule has 0 aromatic carbocycles. The van der Waals surface area contributed by atoms with E-state index in [4.69, 9.17) is 11.6 Å². The van der Waals surface area contributed by atoms with Gasteiger partial charge < -0.3 is 4.74 Å². The topological polar surface area (TPSA) is 43.4 Å². The second-order valence-corrected chi connectivity index (χ2v) is 3.53. The third kappa shape index (κ3) is 1.70. The van der Waals surface area contributed by atoms with Crippen LogP contribution in [0.15, 0.2) is 0 Å². The van der Waals surface area contributed by atoms with Gasteiger partial charge in [-0.2, -0.15) is 0 Å². The first-order valence-electron chi connectivity index (χ1n) is 2.92. The van der Waals surface area contributed by atoms with Crippen molar-refractivity contribution >= 4 is 23.5 Å². The molecule has 0 saturated carbocycles. The fourth-order valence-corrected chi connectivity index (χ4v) is 1.08. The van der Waals surface area contributed by atoms with Gasteiger partial charge in [-0.25, -0.2) is 0 Å². The SMILES string of the molecule is CC1(Cl)CC(=O)OC(=O)C1. The molecule has 1 heterocycles. The van der Waals surface area contributed by atoms with E-state index >= 15 is 0 Å². The van der Waals surface area contributed by atoms with Gasteiger partial charge in [0.05, 0.1) is 17.7 Å². The van der Waals surface area contributed by atoms with Crippen LogP contribution in [0.25, 0.3) is 0 Å². The molecule has 0 spiro atoms. The van der Waals surface area contributed by atoms with E-state index in [0.717, 1.165) is 0 Å². The molecule has 0 N–H and O–H groups in total. The number of esters is 2. The molecule has 1 aliphatic heterocycles. The molecule has 3 nitrogen and oxygen atoms in total. The Morgan fingerprint density at radius 3 is 2.10 bits per heavy atom. The van der Waals surface area contributed by atoms with Gasteiger partial charge in [0, 0.05) is 0 Å². The zero-order valence-corrected chi connectivity index (χ0v) is 6.27. The Bertz CT molecular complexity index is 167. The summed E-state index contributed by atoms with van der Waals surface area (Å²) < 4.78 is 4.26. The molecule has 1 saturated heterocycles. The number of carbonyl (C=O) groups is 2. The Morgan fingerprint density at radius 2 is 1.80 bits per heavy atom. The van der Waals surface area contributed by atoms with Crippen molar-refractivity contribution in [3.8, 4) is 0 Å². The summed E-state index contributed by atoms with van der Waals surface area (Å²) in [6.07, 6.45) is 0.223. The highest BCUT2D eigenvalue weighted by atomic mass is 35.5. The third-order valence-electron chi connectivity index (χ3n) is 1.25. The van der Waals surface area contributed by atoms with Crippen molar-refractivity contribution in [1.82, 2.24) is 0 Å². The molecule has 0 aromatic rings. The fourth-order valence-electron chi connectivity index (χ4n) is 0.864. The second-order valence-electron chi connectivity index (χ2n) is 2.61. The van der Waals surface area contributed by atoms with Crippen molar-refractivity contribution in [1.29, 1.82) is 0 Å². The van der Waals surface area contributed by atoms with E-state index in [9.17, 15) is 9.59 Å². The first-order chi connectivity index (χ1) is 4.49. The minimum atomic E-state index is -0.730. The van der Waals surface area contributed by atoms with Crippen molar-refractivity contribution in [3.05, 3.63) is 0 Å². The molecule has 4 heteroatoms. The molecule has 1 fully saturated rings.